The Balaban J connectivity index is 1.60. The average molecular weight is 546 g/mol. The predicted octanol–water partition coefficient (Wildman–Crippen LogP) is 4.66. The van der Waals surface area contributed by atoms with Crippen LogP contribution in [0.4, 0.5) is 42.5 Å². The lowest BCUT2D eigenvalue weighted by atomic mass is 10.2. The molecule has 16 heteroatoms. The van der Waals surface area contributed by atoms with E-state index in [4.69, 9.17) is 0 Å². The van der Waals surface area contributed by atoms with E-state index in [0.717, 1.165) is 28.4 Å². The van der Waals surface area contributed by atoms with E-state index in [2.05, 4.69) is 24.9 Å². The third-order valence-corrected chi connectivity index (χ3v) is 5.35. The number of benzene rings is 2. The molecule has 0 bridgehead atoms. The van der Waals surface area contributed by atoms with Crippen LogP contribution >= 0.6 is 11.3 Å². The molecule has 0 spiro atoms. The molecule has 194 valence electrons. The van der Waals surface area contributed by atoms with Crippen molar-refractivity contribution < 1.29 is 50.2 Å². The molecule has 0 aliphatic heterocycles. The lowest BCUT2D eigenvalue weighted by Gasteiger charge is -2.18. The summed E-state index contributed by atoms with van der Waals surface area (Å²) in [6.07, 6.45) is -10.1. The number of nitrogens with one attached hydrogen (secondary N) is 2. The number of hydrogen-bond acceptors (Lipinski definition) is 6. The van der Waals surface area contributed by atoms with Crippen LogP contribution in [0.15, 0.2) is 53.4 Å². The molecule has 37 heavy (non-hydrogen) atoms. The number of hydrogen-bond donors (Lipinski definition) is 2. The van der Waals surface area contributed by atoms with Crippen LogP contribution in [-0.2, 0) is 4.79 Å². The van der Waals surface area contributed by atoms with E-state index in [1.807, 2.05) is 0 Å². The Bertz CT molecular complexity index is 1430. The first-order chi connectivity index (χ1) is 17.3. The number of imidazole rings is 1. The first-order valence-electron chi connectivity index (χ1n) is 9.98. The molecule has 4 rings (SSSR count). The molecule has 2 heterocycles. The molecule has 0 unspecified atom stereocenters. The zero-order chi connectivity index (χ0) is 27.0. The van der Waals surface area contributed by atoms with Crippen LogP contribution in [-0.4, -0.2) is 41.6 Å². The van der Waals surface area contributed by atoms with E-state index in [1.165, 1.54) is 48.3 Å². The van der Waals surface area contributed by atoms with E-state index < -0.39 is 30.3 Å². The van der Waals surface area contributed by atoms with Crippen LogP contribution in [0.25, 0.3) is 22.6 Å². The Hall–Kier alpha value is -4.34. The summed E-state index contributed by atoms with van der Waals surface area (Å²) < 4.78 is 80.1. The fraction of sp³-hybridized carbons (Fsp3) is 0.143. The quantitative estimate of drug-likeness (QED) is 0.280. The summed E-state index contributed by atoms with van der Waals surface area (Å²) in [5, 5.41) is 4.03. The Morgan fingerprint density at radius 1 is 1.08 bits per heavy atom. The maximum atomic E-state index is 12.9. The highest BCUT2D eigenvalue weighted by atomic mass is 32.1. The number of amides is 2. The predicted molar refractivity (Wildman–Crippen MR) is 118 cm³/mol. The summed E-state index contributed by atoms with van der Waals surface area (Å²) in [6.45, 7) is 0. The van der Waals surface area contributed by atoms with E-state index >= 15 is 0 Å². The lowest BCUT2D eigenvalue weighted by molar-refractivity contribution is -0.841. The molecular formula is C21H14F6N5O4S+. The minimum absolute atomic E-state index is 0.0188. The van der Waals surface area contributed by atoms with E-state index in [0.29, 0.717) is 4.73 Å². The summed E-state index contributed by atoms with van der Waals surface area (Å²) in [5.74, 6) is -2.99. The number of carbonyl (C=O) groups excluding carboxylic acids is 2. The van der Waals surface area contributed by atoms with Crippen molar-refractivity contribution in [1.82, 2.24) is 9.97 Å². The van der Waals surface area contributed by atoms with Crippen molar-refractivity contribution in [2.75, 3.05) is 17.3 Å². The zero-order valence-corrected chi connectivity index (χ0v) is 19.2. The summed E-state index contributed by atoms with van der Waals surface area (Å²) in [4.78, 5) is 36.7. The number of fused-ring (bicyclic) bond motifs is 1. The van der Waals surface area contributed by atoms with Gasteiger partial charge >= 0.3 is 30.4 Å². The van der Waals surface area contributed by atoms with E-state index in [9.17, 15) is 35.9 Å². The Morgan fingerprint density at radius 2 is 1.78 bits per heavy atom. The molecule has 2 N–H and O–H groups in total. The number of anilines is 2. The minimum atomic E-state index is -5.27. The third kappa shape index (κ3) is 5.91. The molecule has 0 aliphatic carbocycles. The average Bonchev–Trinajstić information content (AvgIpc) is 3.46. The molecule has 9 nitrogen and oxygen atoms in total. The van der Waals surface area contributed by atoms with Crippen molar-refractivity contribution in [1.29, 1.82) is 0 Å². The van der Waals surface area contributed by atoms with Gasteiger partial charge in [-0.25, -0.2) is 24.4 Å². The van der Waals surface area contributed by atoms with Crippen molar-refractivity contribution in [3.05, 3.63) is 53.4 Å². The highest BCUT2D eigenvalue weighted by Crippen LogP contribution is 2.26. The van der Waals surface area contributed by atoms with Crippen LogP contribution < -0.4 is 24.5 Å². The summed E-state index contributed by atoms with van der Waals surface area (Å²) >= 11 is 1.16. The van der Waals surface area contributed by atoms with Gasteiger partial charge in [0.1, 0.15) is 5.75 Å². The number of aromatic amines is 1. The standard InChI is InChI=1S/C21H13F6N5O4S/c1-31(12-3-5-13(6-4-12)35-21(25,26)27)19(34)29-11-2-7-14-16(8-11)32(36-18(33)20(22,23)24)17(30-14)15-9-37-10-28-15/h2-10H,1H3,(H,29,34)/p+1. The molecule has 0 saturated carbocycles. The Kier molecular flexibility index (Phi) is 6.68. The molecule has 4 aromatic rings. The lowest BCUT2D eigenvalue weighted by Crippen LogP contribution is -2.51. The van der Waals surface area contributed by atoms with Crippen molar-refractivity contribution >= 4 is 45.7 Å². The van der Waals surface area contributed by atoms with Gasteiger partial charge < -0.3 is 10.1 Å². The summed E-state index contributed by atoms with van der Waals surface area (Å²) in [5.41, 5.74) is 2.22. The summed E-state index contributed by atoms with van der Waals surface area (Å²) in [7, 11) is 1.34. The van der Waals surface area contributed by atoms with Gasteiger partial charge in [-0.1, -0.05) is 0 Å². The number of ether oxygens (including phenoxy) is 1. The molecule has 2 amide bonds. The van der Waals surface area contributed by atoms with Gasteiger partial charge in [0.15, 0.2) is 11.2 Å². The normalized spacial score (nSPS) is 11.9. The first kappa shape index (κ1) is 25.7. The van der Waals surface area contributed by atoms with E-state index in [1.54, 1.807) is 0 Å². The number of rotatable bonds is 5. The maximum Gasteiger partial charge on any atom is 0.573 e. The second-order valence-electron chi connectivity index (χ2n) is 7.28. The van der Waals surface area contributed by atoms with Gasteiger partial charge in [0.25, 0.3) is 0 Å². The molecule has 0 radical (unpaired) electrons. The van der Waals surface area contributed by atoms with Gasteiger partial charge in [-0.15, -0.1) is 24.5 Å². The molecule has 2 aromatic heterocycles. The van der Waals surface area contributed by atoms with Gasteiger partial charge in [-0.2, -0.15) is 13.2 Å². The molecule has 0 fully saturated rings. The zero-order valence-electron chi connectivity index (χ0n) is 18.3. The number of thiazole rings is 1. The van der Waals surface area contributed by atoms with Gasteiger partial charge in [0, 0.05) is 29.9 Å². The van der Waals surface area contributed by atoms with Crippen molar-refractivity contribution in [3.8, 4) is 17.3 Å². The van der Waals surface area contributed by atoms with Crippen LogP contribution in [0.2, 0.25) is 0 Å². The number of aromatic nitrogens is 3. The van der Waals surface area contributed by atoms with Crippen molar-refractivity contribution in [3.63, 3.8) is 0 Å². The largest absolute Gasteiger partial charge is 0.573 e. The fourth-order valence-electron chi connectivity index (χ4n) is 3.10. The van der Waals surface area contributed by atoms with Crippen LogP contribution in [0.1, 0.15) is 0 Å². The SMILES string of the molecule is CN(C(=O)Nc1ccc2[nH]c(-c3cscn3)[n+](OC(=O)C(F)(F)F)c2c1)c1ccc(OC(F)(F)F)cc1. The number of carbonyl (C=O) groups is 2. The second kappa shape index (κ2) is 9.61. The molecular weight excluding hydrogens is 532 g/mol. The molecule has 0 saturated heterocycles. The Labute approximate surface area is 206 Å². The van der Waals surface area contributed by atoms with Crippen LogP contribution in [0.5, 0.6) is 5.75 Å². The minimum Gasteiger partial charge on any atom is -0.406 e. The first-order valence-corrected chi connectivity index (χ1v) is 10.9. The van der Waals surface area contributed by atoms with Crippen molar-refractivity contribution in [2.45, 2.75) is 12.5 Å². The van der Waals surface area contributed by atoms with Crippen LogP contribution in [0.3, 0.4) is 0 Å². The molecule has 2 aromatic carbocycles. The smallest absolute Gasteiger partial charge is 0.406 e. The van der Waals surface area contributed by atoms with Gasteiger partial charge in [0.05, 0.1) is 5.51 Å². The Morgan fingerprint density at radius 3 is 2.38 bits per heavy atom. The topological polar surface area (TPSA) is 100 Å². The van der Waals surface area contributed by atoms with E-state index in [-0.39, 0.29) is 33.9 Å². The monoisotopic (exact) mass is 546 g/mol. The third-order valence-electron chi connectivity index (χ3n) is 4.77. The fourth-order valence-corrected chi connectivity index (χ4v) is 3.64. The van der Waals surface area contributed by atoms with Gasteiger partial charge in [0.2, 0.25) is 5.52 Å². The van der Waals surface area contributed by atoms with Crippen LogP contribution in [0, 0.1) is 0 Å². The number of alkyl halides is 6. The van der Waals surface area contributed by atoms with Gasteiger partial charge in [-0.05, 0) is 41.1 Å². The molecule has 0 atom stereocenters. The number of halogens is 6. The molecule has 0 aliphatic rings. The summed E-state index contributed by atoms with van der Waals surface area (Å²) in [6, 6.07) is 7.90. The number of H-pyrrole nitrogens is 1. The highest BCUT2D eigenvalue weighted by Gasteiger charge is 2.44. The second-order valence-corrected chi connectivity index (χ2v) is 8.00. The number of nitrogens with zero attached hydrogens (tertiary/aromatic N) is 3. The highest BCUT2D eigenvalue weighted by molar-refractivity contribution is 7.07. The van der Waals surface area contributed by atoms with Gasteiger partial charge in [-0.3, -0.25) is 4.90 Å². The number of urea groups is 1. The van der Waals surface area contributed by atoms with Crippen molar-refractivity contribution in [2.24, 2.45) is 0 Å². The maximum absolute atomic E-state index is 12.9.